The van der Waals surface area contributed by atoms with Crippen LogP contribution in [0.25, 0.3) is 0 Å². The molecule has 2 unspecified atom stereocenters. The van der Waals surface area contributed by atoms with Crippen molar-refractivity contribution in [2.75, 3.05) is 4.90 Å². The van der Waals surface area contributed by atoms with Crippen LogP contribution in [0.15, 0.2) is 41.7 Å². The Morgan fingerprint density at radius 1 is 1.04 bits per heavy atom. The van der Waals surface area contributed by atoms with E-state index in [1.165, 1.54) is 28.2 Å². The third-order valence-electron chi connectivity index (χ3n) is 4.17. The van der Waals surface area contributed by atoms with Gasteiger partial charge in [0.15, 0.2) is 0 Å². The number of rotatable bonds is 1. The average Bonchev–Trinajstić information content (AvgIpc) is 2.91. The molecule has 0 spiro atoms. The third kappa shape index (κ3) is 3.99. The second-order valence-corrected chi connectivity index (χ2v) is 5.82. The van der Waals surface area contributed by atoms with E-state index < -0.39 is 0 Å². The van der Waals surface area contributed by atoms with Gasteiger partial charge in [-0.2, -0.15) is 0 Å². The zero-order valence-electron chi connectivity index (χ0n) is 16.2. The van der Waals surface area contributed by atoms with Crippen molar-refractivity contribution >= 4 is 5.69 Å². The largest absolute Gasteiger partial charge is 0.367 e. The van der Waals surface area contributed by atoms with Gasteiger partial charge in [-0.15, -0.1) is 0 Å². The van der Waals surface area contributed by atoms with E-state index >= 15 is 0 Å². The molecule has 0 radical (unpaired) electrons. The second-order valence-electron chi connectivity index (χ2n) is 5.82. The molecule has 1 aromatic rings. The van der Waals surface area contributed by atoms with Gasteiger partial charge in [0.2, 0.25) is 0 Å². The van der Waals surface area contributed by atoms with Crippen LogP contribution in [-0.4, -0.2) is 6.17 Å². The van der Waals surface area contributed by atoms with Gasteiger partial charge in [0.1, 0.15) is 6.17 Å². The normalized spacial score (nSPS) is 21.7. The first-order chi connectivity index (χ1) is 11.1. The lowest BCUT2D eigenvalue weighted by atomic mass is 9.97. The van der Waals surface area contributed by atoms with Crippen molar-refractivity contribution in [2.45, 2.75) is 68.0 Å². The van der Waals surface area contributed by atoms with E-state index in [1.807, 2.05) is 27.7 Å². The maximum Gasteiger partial charge on any atom is 0.101 e. The van der Waals surface area contributed by atoms with Gasteiger partial charge < -0.3 is 10.2 Å². The summed E-state index contributed by atoms with van der Waals surface area (Å²) in [6.07, 6.45) is 6.03. The SMILES string of the molecule is CC.CC.Cc1ccc(C)c(N2C3=C(NC2C)C(C)CC=C3)c1. The quantitative estimate of drug-likeness (QED) is 0.692. The smallest absolute Gasteiger partial charge is 0.101 e. The van der Waals surface area contributed by atoms with Gasteiger partial charge >= 0.3 is 0 Å². The van der Waals surface area contributed by atoms with Gasteiger partial charge in [0, 0.05) is 17.3 Å². The first-order valence-electron chi connectivity index (χ1n) is 9.11. The number of aryl methyl sites for hydroxylation is 2. The third-order valence-corrected chi connectivity index (χ3v) is 4.17. The molecule has 0 bridgehead atoms. The highest BCUT2D eigenvalue weighted by Gasteiger charge is 2.32. The molecule has 2 heteroatoms. The number of nitrogens with zero attached hydrogens (tertiary/aromatic N) is 1. The minimum Gasteiger partial charge on any atom is -0.367 e. The van der Waals surface area contributed by atoms with Crippen LogP contribution >= 0.6 is 0 Å². The zero-order valence-corrected chi connectivity index (χ0v) is 16.2. The van der Waals surface area contributed by atoms with Crippen LogP contribution in [-0.2, 0) is 0 Å². The lowest BCUT2D eigenvalue weighted by Gasteiger charge is -2.28. The molecular formula is C21H34N2. The molecule has 0 saturated carbocycles. The monoisotopic (exact) mass is 314 g/mol. The molecule has 1 aliphatic heterocycles. The van der Waals surface area contributed by atoms with Crippen LogP contribution in [0.1, 0.15) is 59.1 Å². The molecule has 1 aliphatic carbocycles. The van der Waals surface area contributed by atoms with Crippen molar-refractivity contribution < 1.29 is 0 Å². The summed E-state index contributed by atoms with van der Waals surface area (Å²) in [5, 5.41) is 3.66. The van der Waals surface area contributed by atoms with Gasteiger partial charge in [-0.25, -0.2) is 0 Å². The number of benzene rings is 1. The van der Waals surface area contributed by atoms with Crippen molar-refractivity contribution in [3.05, 3.63) is 52.9 Å². The lowest BCUT2D eigenvalue weighted by Crippen LogP contribution is -2.35. The minimum absolute atomic E-state index is 0.329. The van der Waals surface area contributed by atoms with Crippen LogP contribution in [0.4, 0.5) is 5.69 Å². The van der Waals surface area contributed by atoms with E-state index in [-0.39, 0.29) is 0 Å². The van der Waals surface area contributed by atoms with Crippen molar-refractivity contribution in [1.82, 2.24) is 5.32 Å². The summed E-state index contributed by atoms with van der Waals surface area (Å²) >= 11 is 0. The lowest BCUT2D eigenvalue weighted by molar-refractivity contribution is 0.584. The summed E-state index contributed by atoms with van der Waals surface area (Å²) in [4.78, 5) is 2.43. The van der Waals surface area contributed by atoms with E-state index in [0.29, 0.717) is 12.1 Å². The van der Waals surface area contributed by atoms with Gasteiger partial charge in [-0.3, -0.25) is 0 Å². The first-order valence-corrected chi connectivity index (χ1v) is 9.11. The Balaban J connectivity index is 0.000000615. The predicted octanol–water partition coefficient (Wildman–Crippen LogP) is 5.92. The number of nitrogens with one attached hydrogen (secondary N) is 1. The van der Waals surface area contributed by atoms with Crippen molar-refractivity contribution in [3.8, 4) is 0 Å². The Morgan fingerprint density at radius 3 is 2.35 bits per heavy atom. The average molecular weight is 315 g/mol. The fourth-order valence-electron chi connectivity index (χ4n) is 3.09. The molecule has 2 nitrogen and oxygen atoms in total. The van der Waals surface area contributed by atoms with E-state index in [9.17, 15) is 0 Å². The van der Waals surface area contributed by atoms with E-state index in [1.54, 1.807) is 0 Å². The Bertz CT molecular complexity index is 569. The molecule has 1 aromatic carbocycles. The standard InChI is InChI=1S/C17H22N2.2C2H6/c1-11-8-9-12(2)16(10-11)19-14(4)18-17-13(3)6-5-7-15(17)19;2*1-2/h5,7-10,13-14,18H,6H2,1-4H3;2*1-2H3. The molecule has 0 fully saturated rings. The predicted molar refractivity (Wildman–Crippen MR) is 104 cm³/mol. The zero-order chi connectivity index (χ0) is 17.6. The number of anilines is 1. The molecule has 3 rings (SSSR count). The molecule has 2 atom stereocenters. The summed E-state index contributed by atoms with van der Waals surface area (Å²) in [5.74, 6) is 0.595. The summed E-state index contributed by atoms with van der Waals surface area (Å²) in [7, 11) is 0. The van der Waals surface area contributed by atoms with Crippen LogP contribution < -0.4 is 10.2 Å². The molecule has 2 aliphatic rings. The molecular weight excluding hydrogens is 280 g/mol. The topological polar surface area (TPSA) is 15.3 Å². The van der Waals surface area contributed by atoms with Crippen molar-refractivity contribution in [3.63, 3.8) is 0 Å². The van der Waals surface area contributed by atoms with Gasteiger partial charge in [0.05, 0.1) is 5.70 Å². The molecule has 0 saturated heterocycles. The molecule has 0 amide bonds. The van der Waals surface area contributed by atoms with Crippen LogP contribution in [0.5, 0.6) is 0 Å². The highest BCUT2D eigenvalue weighted by molar-refractivity contribution is 5.64. The van der Waals surface area contributed by atoms with Gasteiger partial charge in [-0.1, -0.05) is 52.8 Å². The van der Waals surface area contributed by atoms with E-state index in [0.717, 1.165) is 6.42 Å². The van der Waals surface area contributed by atoms with Crippen molar-refractivity contribution in [1.29, 1.82) is 0 Å². The van der Waals surface area contributed by atoms with Gasteiger partial charge in [0.25, 0.3) is 0 Å². The fraction of sp³-hybridized carbons (Fsp3) is 0.524. The molecule has 1 heterocycles. The van der Waals surface area contributed by atoms with E-state index in [2.05, 4.69) is 68.3 Å². The first kappa shape index (κ1) is 19.3. The Labute approximate surface area is 143 Å². The summed E-state index contributed by atoms with van der Waals surface area (Å²) in [6.45, 7) is 16.9. The number of hydrogen-bond acceptors (Lipinski definition) is 2. The maximum atomic E-state index is 3.66. The van der Waals surface area contributed by atoms with Crippen LogP contribution in [0, 0.1) is 19.8 Å². The molecule has 1 N–H and O–H groups in total. The fourth-order valence-corrected chi connectivity index (χ4v) is 3.09. The Hall–Kier alpha value is -1.70. The minimum atomic E-state index is 0.329. The number of hydrogen-bond donors (Lipinski definition) is 1. The van der Waals surface area contributed by atoms with Gasteiger partial charge in [-0.05, 0) is 50.5 Å². The highest BCUT2D eigenvalue weighted by atomic mass is 15.3. The maximum absolute atomic E-state index is 3.66. The summed E-state index contributed by atoms with van der Waals surface area (Å²) in [6, 6.07) is 6.68. The van der Waals surface area contributed by atoms with E-state index in [4.69, 9.17) is 0 Å². The Morgan fingerprint density at radius 2 is 1.70 bits per heavy atom. The van der Waals surface area contributed by atoms with Crippen LogP contribution in [0.2, 0.25) is 0 Å². The highest BCUT2D eigenvalue weighted by Crippen LogP contribution is 2.36. The summed E-state index contributed by atoms with van der Waals surface area (Å²) < 4.78 is 0. The van der Waals surface area contributed by atoms with Crippen molar-refractivity contribution in [2.24, 2.45) is 5.92 Å². The van der Waals surface area contributed by atoms with Crippen LogP contribution in [0.3, 0.4) is 0 Å². The number of allylic oxidation sites excluding steroid dienone is 3. The molecule has 128 valence electrons. The Kier molecular flexibility index (Phi) is 7.41. The summed E-state index contributed by atoms with van der Waals surface area (Å²) in [5.41, 5.74) is 6.72. The molecule has 0 aromatic heterocycles. The second kappa shape index (κ2) is 8.81. The molecule has 23 heavy (non-hydrogen) atoms.